The molecule has 0 aromatic carbocycles. The topological polar surface area (TPSA) is 18.5 Å². The van der Waals surface area contributed by atoms with Crippen LogP contribution >= 0.6 is 0 Å². The van der Waals surface area contributed by atoms with Crippen LogP contribution in [0.5, 0.6) is 0 Å². The lowest BCUT2D eigenvalue weighted by molar-refractivity contribution is 0.267. The van der Waals surface area contributed by atoms with Crippen molar-refractivity contribution in [2.24, 2.45) is 5.92 Å². The van der Waals surface area contributed by atoms with Gasteiger partial charge < -0.3 is 8.85 Å². The summed E-state index contributed by atoms with van der Waals surface area (Å²) in [5, 5.41) is 0. The molecule has 0 saturated heterocycles. The van der Waals surface area contributed by atoms with Crippen molar-refractivity contribution < 1.29 is 8.85 Å². The highest BCUT2D eigenvalue weighted by molar-refractivity contribution is 6.44. The average Bonchev–Trinajstić information content (AvgIpc) is 2.21. The van der Waals surface area contributed by atoms with Crippen LogP contribution in [0.4, 0.5) is 0 Å². The maximum Gasteiger partial charge on any atom is 0.320 e. The minimum Gasteiger partial charge on any atom is -0.400 e. The molecule has 1 fully saturated rings. The number of hydrogen-bond acceptors (Lipinski definition) is 2. The second-order valence-corrected chi connectivity index (χ2v) is 6.36. The molecule has 14 heavy (non-hydrogen) atoms. The third-order valence-electron chi connectivity index (χ3n) is 3.06. The number of hydrogen-bond donors (Lipinski definition) is 0. The van der Waals surface area contributed by atoms with E-state index in [4.69, 9.17) is 8.85 Å². The van der Waals surface area contributed by atoms with Crippen LogP contribution in [-0.4, -0.2) is 34.5 Å². The first-order valence-corrected chi connectivity index (χ1v) is 7.18. The lowest BCUT2D eigenvalue weighted by Gasteiger charge is -2.22. The molecule has 0 radical (unpaired) electrons. The molecule has 1 aliphatic rings. The lowest BCUT2D eigenvalue weighted by Crippen LogP contribution is -2.20. The smallest absolute Gasteiger partial charge is 0.320 e. The van der Waals surface area contributed by atoms with Crippen molar-refractivity contribution in [2.45, 2.75) is 44.6 Å². The van der Waals surface area contributed by atoms with E-state index in [9.17, 15) is 0 Å². The van der Waals surface area contributed by atoms with Crippen LogP contribution in [0.1, 0.15) is 38.5 Å². The molecule has 1 aliphatic carbocycles. The highest BCUT2D eigenvalue weighted by Gasteiger charge is 2.16. The van der Waals surface area contributed by atoms with Gasteiger partial charge >= 0.3 is 9.28 Å². The second kappa shape index (κ2) is 8.65. The van der Waals surface area contributed by atoms with Crippen molar-refractivity contribution in [2.75, 3.05) is 14.2 Å². The SMILES string of the molecule is CO[SiH](CCC1CCCCC1)OC.[SiH4]. The van der Waals surface area contributed by atoms with E-state index in [1.807, 2.05) is 0 Å². The minimum atomic E-state index is -1.26. The van der Waals surface area contributed by atoms with E-state index < -0.39 is 9.28 Å². The summed E-state index contributed by atoms with van der Waals surface area (Å²) in [5.41, 5.74) is 0. The molecular formula is C10H26O2Si2. The molecule has 0 atom stereocenters. The van der Waals surface area contributed by atoms with Crippen LogP contribution in [0, 0.1) is 5.92 Å². The van der Waals surface area contributed by atoms with E-state index in [0.717, 1.165) is 5.92 Å². The maximum absolute atomic E-state index is 5.31. The van der Waals surface area contributed by atoms with Gasteiger partial charge in [0.25, 0.3) is 0 Å². The molecule has 0 aromatic rings. The largest absolute Gasteiger partial charge is 0.400 e. The summed E-state index contributed by atoms with van der Waals surface area (Å²) in [5.74, 6) is 0.967. The first-order chi connectivity index (χ1) is 6.36. The van der Waals surface area contributed by atoms with E-state index in [1.165, 1.54) is 44.6 Å². The van der Waals surface area contributed by atoms with E-state index >= 15 is 0 Å². The Morgan fingerprint density at radius 2 is 1.64 bits per heavy atom. The van der Waals surface area contributed by atoms with Gasteiger partial charge in [0.15, 0.2) is 0 Å². The van der Waals surface area contributed by atoms with Crippen LogP contribution in [0.2, 0.25) is 6.04 Å². The summed E-state index contributed by atoms with van der Waals surface area (Å²) in [6, 6.07) is 1.19. The molecule has 0 aliphatic heterocycles. The Balaban J connectivity index is 0.00000169. The zero-order chi connectivity index (χ0) is 9.52. The predicted molar refractivity (Wildman–Crippen MR) is 68.5 cm³/mol. The van der Waals surface area contributed by atoms with Crippen molar-refractivity contribution in [3.8, 4) is 0 Å². The third-order valence-corrected chi connectivity index (χ3v) is 4.92. The Bertz CT molecular complexity index is 123. The molecule has 0 heterocycles. The van der Waals surface area contributed by atoms with Gasteiger partial charge in [-0.3, -0.25) is 0 Å². The molecule has 2 nitrogen and oxygen atoms in total. The van der Waals surface area contributed by atoms with E-state index in [2.05, 4.69) is 0 Å². The molecule has 1 saturated carbocycles. The summed E-state index contributed by atoms with van der Waals surface area (Å²) < 4.78 is 10.6. The minimum absolute atomic E-state index is 0. The first kappa shape index (κ1) is 14.4. The van der Waals surface area contributed by atoms with Gasteiger partial charge in [0.05, 0.1) is 0 Å². The molecular weight excluding hydrogens is 208 g/mol. The fourth-order valence-electron chi connectivity index (χ4n) is 2.18. The molecule has 0 aromatic heterocycles. The van der Waals surface area contributed by atoms with Gasteiger partial charge in [0.1, 0.15) is 0 Å². The molecule has 0 unspecified atom stereocenters. The summed E-state index contributed by atoms with van der Waals surface area (Å²) >= 11 is 0. The highest BCUT2D eigenvalue weighted by Crippen LogP contribution is 2.27. The van der Waals surface area contributed by atoms with Crippen molar-refractivity contribution in [3.63, 3.8) is 0 Å². The van der Waals surface area contributed by atoms with Crippen LogP contribution in [0.25, 0.3) is 0 Å². The maximum atomic E-state index is 5.31. The van der Waals surface area contributed by atoms with Crippen LogP contribution < -0.4 is 0 Å². The first-order valence-electron chi connectivity index (χ1n) is 5.42. The molecule has 0 bridgehead atoms. The Morgan fingerprint density at radius 1 is 1.07 bits per heavy atom. The quantitative estimate of drug-likeness (QED) is 0.661. The van der Waals surface area contributed by atoms with Crippen molar-refractivity contribution >= 4 is 20.2 Å². The summed E-state index contributed by atoms with van der Waals surface area (Å²) in [4.78, 5) is 0. The molecule has 1 rings (SSSR count). The van der Waals surface area contributed by atoms with Crippen molar-refractivity contribution in [3.05, 3.63) is 0 Å². The van der Waals surface area contributed by atoms with Gasteiger partial charge in [-0.2, -0.15) is 0 Å². The van der Waals surface area contributed by atoms with Crippen molar-refractivity contribution in [1.82, 2.24) is 0 Å². The Morgan fingerprint density at radius 3 is 2.14 bits per heavy atom. The summed E-state index contributed by atoms with van der Waals surface area (Å²) in [6.07, 6.45) is 8.54. The van der Waals surface area contributed by atoms with Gasteiger partial charge in [-0.15, -0.1) is 0 Å². The predicted octanol–water partition coefficient (Wildman–Crippen LogP) is 1.02. The summed E-state index contributed by atoms with van der Waals surface area (Å²) in [6.45, 7) is 0. The van der Waals surface area contributed by atoms with Gasteiger partial charge in [0, 0.05) is 14.2 Å². The fourth-order valence-corrected chi connectivity index (χ4v) is 3.59. The zero-order valence-corrected chi connectivity index (χ0v) is 10.1. The van der Waals surface area contributed by atoms with Crippen molar-refractivity contribution in [1.29, 1.82) is 0 Å². The molecule has 86 valence electrons. The average molecular weight is 234 g/mol. The van der Waals surface area contributed by atoms with Crippen LogP contribution in [-0.2, 0) is 8.85 Å². The molecule has 0 N–H and O–H groups in total. The van der Waals surface area contributed by atoms with Crippen LogP contribution in [0.15, 0.2) is 0 Å². The van der Waals surface area contributed by atoms with Crippen LogP contribution in [0.3, 0.4) is 0 Å². The van der Waals surface area contributed by atoms with Gasteiger partial charge in [-0.1, -0.05) is 32.1 Å². The molecule has 0 spiro atoms. The Labute approximate surface area is 94.2 Å². The van der Waals surface area contributed by atoms with Gasteiger partial charge in [-0.05, 0) is 29.3 Å². The number of rotatable bonds is 5. The standard InChI is InChI=1S/C10H22O2Si.H4Si/c1-11-13(12-2)9-8-10-6-4-3-5-7-10;/h10,13H,3-9H2,1-2H3;1H4. The lowest BCUT2D eigenvalue weighted by atomic mass is 9.88. The summed E-state index contributed by atoms with van der Waals surface area (Å²) in [7, 11) is 2.29. The Kier molecular flexibility index (Phi) is 8.86. The molecule has 4 heteroatoms. The normalized spacial score (nSPS) is 18.2. The monoisotopic (exact) mass is 234 g/mol. The molecule has 0 amide bonds. The third kappa shape index (κ3) is 5.29. The second-order valence-electron chi connectivity index (χ2n) is 3.98. The van der Waals surface area contributed by atoms with Gasteiger partial charge in [0.2, 0.25) is 0 Å². The van der Waals surface area contributed by atoms with Gasteiger partial charge in [-0.25, -0.2) is 0 Å². The highest BCUT2D eigenvalue weighted by atomic mass is 28.3. The zero-order valence-electron chi connectivity index (χ0n) is 8.92. The van der Waals surface area contributed by atoms with E-state index in [0.29, 0.717) is 0 Å². The fraction of sp³-hybridized carbons (Fsp3) is 1.00. The Hall–Kier alpha value is 0.354. The van der Waals surface area contributed by atoms with E-state index in [1.54, 1.807) is 14.2 Å². The van der Waals surface area contributed by atoms with E-state index in [-0.39, 0.29) is 11.0 Å².